The molecule has 1 aliphatic heterocycles. The highest BCUT2D eigenvalue weighted by molar-refractivity contribution is 9.10. The Morgan fingerprint density at radius 3 is 2.70 bits per heavy atom. The average molecular weight is 531 g/mol. The molecule has 4 rings (SSSR count). The minimum absolute atomic E-state index is 0.00114. The van der Waals surface area contributed by atoms with E-state index in [1.54, 1.807) is 24.3 Å². The topological polar surface area (TPSA) is 89.7 Å². The minimum Gasteiger partial charge on any atom is -0.488 e. The quantitative estimate of drug-likeness (QED) is 0.229. The molecule has 0 aromatic heterocycles. The van der Waals surface area contributed by atoms with Crippen LogP contribution in [0.3, 0.4) is 0 Å². The van der Waals surface area contributed by atoms with Crippen LogP contribution in [0.2, 0.25) is 0 Å². The third kappa shape index (κ3) is 5.83. The van der Waals surface area contributed by atoms with Crippen LogP contribution >= 0.6 is 27.7 Å². The first kappa shape index (κ1) is 23.5. The van der Waals surface area contributed by atoms with Crippen molar-refractivity contribution in [1.29, 1.82) is 0 Å². The highest BCUT2D eigenvalue weighted by atomic mass is 79.9. The Hall–Kier alpha value is -2.65. The third-order valence-electron chi connectivity index (χ3n) is 5.81. The summed E-state index contributed by atoms with van der Waals surface area (Å²) in [5.74, 6) is 0.635. The summed E-state index contributed by atoms with van der Waals surface area (Å²) in [7, 11) is 0. The molecule has 2 amide bonds. The van der Waals surface area contributed by atoms with Crippen molar-refractivity contribution in [2.75, 3.05) is 6.54 Å². The van der Waals surface area contributed by atoms with Gasteiger partial charge < -0.3 is 4.74 Å². The molecule has 1 heterocycles. The number of thioether (sulfide) groups is 1. The van der Waals surface area contributed by atoms with E-state index < -0.39 is 4.92 Å². The van der Waals surface area contributed by atoms with Crippen LogP contribution in [0.15, 0.2) is 51.8 Å². The molecule has 2 aromatic carbocycles. The highest BCUT2D eigenvalue weighted by Gasteiger charge is 2.36. The van der Waals surface area contributed by atoms with Crippen molar-refractivity contribution in [2.45, 2.75) is 38.7 Å². The second-order valence-electron chi connectivity index (χ2n) is 8.19. The molecule has 1 saturated heterocycles. The summed E-state index contributed by atoms with van der Waals surface area (Å²) >= 11 is 4.40. The zero-order valence-electron chi connectivity index (χ0n) is 17.9. The molecule has 0 bridgehead atoms. The second kappa shape index (κ2) is 10.5. The molecule has 1 saturated carbocycles. The molecule has 7 nitrogen and oxygen atoms in total. The summed E-state index contributed by atoms with van der Waals surface area (Å²) < 4.78 is 6.73. The Labute approximate surface area is 204 Å². The molecule has 2 aromatic rings. The number of rotatable bonds is 7. The molecule has 172 valence electrons. The van der Waals surface area contributed by atoms with E-state index in [-0.39, 0.29) is 23.4 Å². The number of halogens is 1. The fourth-order valence-corrected chi connectivity index (χ4v) is 5.33. The summed E-state index contributed by atoms with van der Waals surface area (Å²) in [6.45, 7) is 0.615. The Kier molecular flexibility index (Phi) is 7.49. The SMILES string of the molecule is O=C1S/C(=C/c2cc(Br)ccc2OCc2cccc([N+](=O)[O-])c2)C(=O)N1CC1CCCCC1. The summed E-state index contributed by atoms with van der Waals surface area (Å²) in [6, 6.07) is 11.7. The number of imide groups is 1. The largest absolute Gasteiger partial charge is 0.488 e. The summed E-state index contributed by atoms with van der Waals surface area (Å²) in [5, 5.41) is 10.8. The second-order valence-corrected chi connectivity index (χ2v) is 10.1. The van der Waals surface area contributed by atoms with Crippen molar-refractivity contribution >= 4 is 50.6 Å². The van der Waals surface area contributed by atoms with Gasteiger partial charge in [0.05, 0.1) is 9.83 Å². The predicted octanol–water partition coefficient (Wildman–Crippen LogP) is 6.55. The lowest BCUT2D eigenvalue weighted by Crippen LogP contribution is -2.34. The van der Waals surface area contributed by atoms with Crippen molar-refractivity contribution in [3.05, 3.63) is 73.1 Å². The Bertz CT molecular complexity index is 1110. The van der Waals surface area contributed by atoms with Gasteiger partial charge in [-0.1, -0.05) is 47.3 Å². The average Bonchev–Trinajstić information content (AvgIpc) is 3.07. The van der Waals surface area contributed by atoms with E-state index in [0.29, 0.717) is 34.2 Å². The normalized spacial score (nSPS) is 18.2. The highest BCUT2D eigenvalue weighted by Crippen LogP contribution is 2.36. The molecule has 33 heavy (non-hydrogen) atoms. The smallest absolute Gasteiger partial charge is 0.293 e. The predicted molar refractivity (Wildman–Crippen MR) is 131 cm³/mol. The molecule has 0 radical (unpaired) electrons. The van der Waals surface area contributed by atoms with Crippen molar-refractivity contribution in [3.63, 3.8) is 0 Å². The molecule has 1 aliphatic carbocycles. The van der Waals surface area contributed by atoms with E-state index in [4.69, 9.17) is 4.74 Å². The molecule has 0 N–H and O–H groups in total. The van der Waals surface area contributed by atoms with Crippen molar-refractivity contribution in [1.82, 2.24) is 4.90 Å². The zero-order chi connectivity index (χ0) is 23.4. The molecule has 0 atom stereocenters. The number of hydrogen-bond donors (Lipinski definition) is 0. The lowest BCUT2D eigenvalue weighted by molar-refractivity contribution is -0.384. The lowest BCUT2D eigenvalue weighted by Gasteiger charge is -2.25. The van der Waals surface area contributed by atoms with Crippen LogP contribution in [-0.2, 0) is 11.4 Å². The van der Waals surface area contributed by atoms with Crippen LogP contribution in [-0.4, -0.2) is 27.5 Å². The number of amides is 2. The van der Waals surface area contributed by atoms with Gasteiger partial charge in [0.25, 0.3) is 16.8 Å². The van der Waals surface area contributed by atoms with Gasteiger partial charge in [-0.2, -0.15) is 0 Å². The van der Waals surface area contributed by atoms with E-state index >= 15 is 0 Å². The monoisotopic (exact) mass is 530 g/mol. The lowest BCUT2D eigenvalue weighted by atomic mass is 9.89. The van der Waals surface area contributed by atoms with Crippen molar-refractivity contribution in [2.24, 2.45) is 5.92 Å². The minimum atomic E-state index is -0.446. The molecule has 2 fully saturated rings. The maximum absolute atomic E-state index is 13.0. The van der Waals surface area contributed by atoms with Crippen LogP contribution in [0.25, 0.3) is 6.08 Å². The van der Waals surface area contributed by atoms with Gasteiger partial charge in [-0.3, -0.25) is 24.6 Å². The molecule has 0 unspecified atom stereocenters. The number of nitrogens with zero attached hydrogens (tertiary/aromatic N) is 2. The van der Waals surface area contributed by atoms with E-state index in [0.717, 1.165) is 41.9 Å². The van der Waals surface area contributed by atoms with E-state index in [1.807, 2.05) is 12.1 Å². The zero-order valence-corrected chi connectivity index (χ0v) is 20.3. The first-order valence-electron chi connectivity index (χ1n) is 10.8. The third-order valence-corrected chi connectivity index (χ3v) is 7.21. The number of ether oxygens (including phenoxy) is 1. The van der Waals surface area contributed by atoms with Crippen LogP contribution < -0.4 is 4.74 Å². The van der Waals surface area contributed by atoms with Gasteiger partial charge in [-0.15, -0.1) is 0 Å². The van der Waals surface area contributed by atoms with Crippen LogP contribution in [0.5, 0.6) is 5.75 Å². The number of hydrogen-bond acceptors (Lipinski definition) is 6. The molecule has 2 aliphatic rings. The fraction of sp³-hybridized carbons (Fsp3) is 0.333. The number of carbonyl (C=O) groups excluding carboxylic acids is 2. The Morgan fingerprint density at radius 2 is 1.94 bits per heavy atom. The molecule has 0 spiro atoms. The first-order valence-corrected chi connectivity index (χ1v) is 12.4. The summed E-state index contributed by atoms with van der Waals surface area (Å²) in [4.78, 5) is 37.8. The van der Waals surface area contributed by atoms with Gasteiger partial charge in [-0.05, 0) is 60.4 Å². The number of benzene rings is 2. The number of nitro groups is 1. The number of nitro benzene ring substituents is 1. The van der Waals surface area contributed by atoms with Gasteiger partial charge in [0.15, 0.2) is 0 Å². The van der Waals surface area contributed by atoms with Crippen LogP contribution in [0.4, 0.5) is 10.5 Å². The van der Waals surface area contributed by atoms with E-state index in [9.17, 15) is 19.7 Å². The number of carbonyl (C=O) groups is 2. The summed E-state index contributed by atoms with van der Waals surface area (Å²) in [5.41, 5.74) is 1.31. The fourth-order valence-electron chi connectivity index (χ4n) is 4.11. The van der Waals surface area contributed by atoms with Crippen LogP contribution in [0.1, 0.15) is 43.2 Å². The van der Waals surface area contributed by atoms with Gasteiger partial charge in [0, 0.05) is 28.7 Å². The van der Waals surface area contributed by atoms with Crippen molar-refractivity contribution < 1.29 is 19.2 Å². The maximum Gasteiger partial charge on any atom is 0.293 e. The molecular formula is C24H23BrN2O5S. The van der Waals surface area contributed by atoms with E-state index in [1.165, 1.54) is 23.5 Å². The number of non-ortho nitro benzene ring substituents is 1. The first-order chi connectivity index (χ1) is 15.9. The van der Waals surface area contributed by atoms with Gasteiger partial charge in [0.2, 0.25) is 0 Å². The molecular weight excluding hydrogens is 508 g/mol. The van der Waals surface area contributed by atoms with Crippen molar-refractivity contribution in [3.8, 4) is 5.75 Å². The molecule has 9 heteroatoms. The summed E-state index contributed by atoms with van der Waals surface area (Å²) in [6.07, 6.45) is 7.32. The van der Waals surface area contributed by atoms with Crippen LogP contribution in [0, 0.1) is 16.0 Å². The standard InChI is InChI=1S/C24H23BrN2O5S/c25-19-9-10-21(32-15-17-7-4-8-20(11-17)27(30)31)18(12-19)13-22-23(28)26(24(29)33-22)14-16-5-2-1-3-6-16/h4,7-13,16H,1-3,5-6,14-15H2/b22-13+. The maximum atomic E-state index is 13.0. The van der Waals surface area contributed by atoms with Gasteiger partial charge in [0.1, 0.15) is 12.4 Å². The van der Waals surface area contributed by atoms with Gasteiger partial charge in [-0.25, -0.2) is 0 Å². The van der Waals surface area contributed by atoms with E-state index in [2.05, 4.69) is 15.9 Å². The Morgan fingerprint density at radius 1 is 1.15 bits per heavy atom. The van der Waals surface area contributed by atoms with Gasteiger partial charge >= 0.3 is 0 Å². The Balaban J connectivity index is 1.51.